The number of aromatic nitrogens is 1. The molecule has 1 aromatic heterocycles. The van der Waals surface area contributed by atoms with Crippen LogP contribution in [0.25, 0.3) is 11.1 Å². The Bertz CT molecular complexity index is 1500. The molecule has 3 aromatic rings. The zero-order valence-electron chi connectivity index (χ0n) is 28.6. The Balaban J connectivity index is 1.54. The molecule has 0 saturated carbocycles. The van der Waals surface area contributed by atoms with Crippen molar-refractivity contribution in [1.82, 2.24) is 4.98 Å². The number of anilines is 1. The van der Waals surface area contributed by atoms with E-state index in [4.69, 9.17) is 23.9 Å². The lowest BCUT2D eigenvalue weighted by atomic mass is 9.81. The highest BCUT2D eigenvalue weighted by Crippen LogP contribution is 2.45. The van der Waals surface area contributed by atoms with Gasteiger partial charge in [0, 0.05) is 42.2 Å². The number of benzene rings is 2. The van der Waals surface area contributed by atoms with Crippen molar-refractivity contribution in [3.05, 3.63) is 76.9 Å². The van der Waals surface area contributed by atoms with E-state index in [2.05, 4.69) is 18.7 Å². The van der Waals surface area contributed by atoms with Crippen molar-refractivity contribution in [1.29, 1.82) is 0 Å². The van der Waals surface area contributed by atoms with E-state index in [-0.39, 0.29) is 17.8 Å². The minimum absolute atomic E-state index is 0.178. The molecule has 0 spiro atoms. The summed E-state index contributed by atoms with van der Waals surface area (Å²) in [5.41, 5.74) is 5.06. The zero-order chi connectivity index (χ0) is 33.8. The average Bonchev–Trinajstić information content (AvgIpc) is 2.98. The predicted molar refractivity (Wildman–Crippen MR) is 180 cm³/mol. The molecule has 0 amide bonds. The highest BCUT2D eigenvalue weighted by Gasteiger charge is 2.37. The number of ether oxygens (including phenoxy) is 4. The van der Waals surface area contributed by atoms with Crippen LogP contribution in [0.2, 0.25) is 0 Å². The summed E-state index contributed by atoms with van der Waals surface area (Å²) in [6, 6.07) is 14.3. The molecule has 3 heterocycles. The summed E-state index contributed by atoms with van der Waals surface area (Å²) in [5, 5.41) is 10.7. The Morgan fingerprint density at radius 3 is 2.32 bits per heavy atom. The van der Waals surface area contributed by atoms with Crippen molar-refractivity contribution in [3.8, 4) is 16.9 Å². The Labute approximate surface area is 278 Å². The summed E-state index contributed by atoms with van der Waals surface area (Å²) < 4.78 is 37.1. The van der Waals surface area contributed by atoms with E-state index < -0.39 is 17.7 Å². The molecule has 2 aromatic carbocycles. The number of nitrogens with zero attached hydrogens (tertiary/aromatic N) is 2. The number of carboxylic acids is 1. The maximum Gasteiger partial charge on any atom is 0.337 e. The number of aliphatic carboxylic acids is 1. The van der Waals surface area contributed by atoms with Gasteiger partial charge in [0.1, 0.15) is 11.6 Å². The van der Waals surface area contributed by atoms with Gasteiger partial charge in [0.25, 0.3) is 0 Å². The topological polar surface area (TPSA) is 90.3 Å². The van der Waals surface area contributed by atoms with Crippen LogP contribution in [-0.4, -0.2) is 61.2 Å². The SMILES string of the molecule is Cc1nc(COCC2COC2)c([C@H](OC(C)(C)C)C(=O)O)c(N2CCC(C)(C)CC2)c1-c1ccc(OCCc2ccc(F)cc2)cc1. The summed E-state index contributed by atoms with van der Waals surface area (Å²) >= 11 is 0. The number of rotatable bonds is 13. The molecule has 2 aliphatic rings. The second kappa shape index (κ2) is 14.7. The first-order valence-corrected chi connectivity index (χ1v) is 16.6. The van der Waals surface area contributed by atoms with Gasteiger partial charge in [-0.05, 0) is 81.3 Å². The molecule has 2 aliphatic heterocycles. The fraction of sp³-hybridized carbons (Fsp3) is 0.526. The van der Waals surface area contributed by atoms with Gasteiger partial charge in [-0.15, -0.1) is 0 Å². The van der Waals surface area contributed by atoms with Gasteiger partial charge in [-0.1, -0.05) is 38.1 Å². The Morgan fingerprint density at radius 2 is 1.74 bits per heavy atom. The Morgan fingerprint density at radius 1 is 1.09 bits per heavy atom. The maximum atomic E-state index is 13.3. The van der Waals surface area contributed by atoms with Crippen molar-refractivity contribution >= 4 is 11.7 Å². The molecule has 0 radical (unpaired) electrons. The van der Waals surface area contributed by atoms with Gasteiger partial charge in [0.05, 0.1) is 50.0 Å². The third kappa shape index (κ3) is 9.09. The Kier molecular flexibility index (Phi) is 10.9. The molecular weight excluding hydrogens is 599 g/mol. The number of carboxylic acid groups (broad SMARTS) is 1. The minimum atomic E-state index is -1.24. The van der Waals surface area contributed by atoms with Crippen molar-refractivity contribution in [2.75, 3.05) is 44.4 Å². The quantitative estimate of drug-likeness (QED) is 0.203. The smallest absolute Gasteiger partial charge is 0.337 e. The summed E-state index contributed by atoms with van der Waals surface area (Å²) in [4.78, 5) is 20.4. The standard InChI is InChI=1S/C38H49FN2O6/c1-25-32(28-9-13-30(14-10-28)46-20-15-26-7-11-29(39)12-8-26)34(41-18-16-38(5,6)17-19-41)33(35(36(42)43)47-37(2,3)4)31(40-25)24-45-23-27-21-44-22-27/h7-14,27,35H,15-24H2,1-6H3,(H,42,43)/t35-/m0/s1. The number of aryl methyl sites for hydroxylation is 1. The number of pyridine rings is 1. The van der Waals surface area contributed by atoms with Gasteiger partial charge in [0.15, 0.2) is 6.10 Å². The van der Waals surface area contributed by atoms with E-state index >= 15 is 0 Å². The lowest BCUT2D eigenvalue weighted by Crippen LogP contribution is -2.39. The molecule has 0 bridgehead atoms. The van der Waals surface area contributed by atoms with Gasteiger partial charge >= 0.3 is 5.97 Å². The number of hydrogen-bond acceptors (Lipinski definition) is 7. The zero-order valence-corrected chi connectivity index (χ0v) is 28.6. The molecule has 2 saturated heterocycles. The summed E-state index contributed by atoms with van der Waals surface area (Å²) in [7, 11) is 0. The van der Waals surface area contributed by atoms with Gasteiger partial charge in [-0.3, -0.25) is 4.98 Å². The highest BCUT2D eigenvalue weighted by molar-refractivity contribution is 5.88. The molecule has 8 nitrogen and oxygen atoms in total. The van der Waals surface area contributed by atoms with Crippen LogP contribution >= 0.6 is 0 Å². The molecule has 5 rings (SSSR count). The number of carbonyl (C=O) groups is 1. The maximum absolute atomic E-state index is 13.3. The van der Waals surface area contributed by atoms with Gasteiger partial charge in [-0.2, -0.15) is 0 Å². The highest BCUT2D eigenvalue weighted by atomic mass is 19.1. The number of halogens is 1. The average molecular weight is 649 g/mol. The fourth-order valence-electron chi connectivity index (χ4n) is 6.10. The van der Waals surface area contributed by atoms with Crippen LogP contribution in [0.15, 0.2) is 48.5 Å². The molecule has 254 valence electrons. The largest absolute Gasteiger partial charge is 0.493 e. The molecule has 47 heavy (non-hydrogen) atoms. The lowest BCUT2D eigenvalue weighted by Gasteiger charge is -2.41. The van der Waals surface area contributed by atoms with Crippen molar-refractivity contribution in [3.63, 3.8) is 0 Å². The van der Waals surface area contributed by atoms with Gasteiger partial charge in [-0.25, -0.2) is 9.18 Å². The van der Waals surface area contributed by atoms with E-state index in [9.17, 15) is 14.3 Å². The van der Waals surface area contributed by atoms with Crippen molar-refractivity contribution in [2.45, 2.75) is 79.1 Å². The van der Waals surface area contributed by atoms with Crippen LogP contribution in [0.1, 0.15) is 76.1 Å². The van der Waals surface area contributed by atoms with Crippen LogP contribution in [0.4, 0.5) is 10.1 Å². The molecule has 0 aliphatic carbocycles. The summed E-state index contributed by atoms with van der Waals surface area (Å²) in [6.45, 7) is 16.2. The molecule has 0 unspecified atom stereocenters. The summed E-state index contributed by atoms with van der Waals surface area (Å²) in [5.74, 6) is -0.268. The van der Waals surface area contributed by atoms with Crippen LogP contribution in [0.3, 0.4) is 0 Å². The fourth-order valence-corrected chi connectivity index (χ4v) is 6.10. The predicted octanol–water partition coefficient (Wildman–Crippen LogP) is 7.55. The molecule has 1 N–H and O–H groups in total. The van der Waals surface area contributed by atoms with Crippen molar-refractivity contribution < 1.29 is 33.2 Å². The Hall–Kier alpha value is -3.53. The molecule has 9 heteroatoms. The minimum Gasteiger partial charge on any atom is -0.493 e. The third-order valence-corrected chi connectivity index (χ3v) is 8.87. The van der Waals surface area contributed by atoms with E-state index in [0.717, 1.165) is 54.0 Å². The van der Waals surface area contributed by atoms with Crippen LogP contribution in [0, 0.1) is 24.1 Å². The monoisotopic (exact) mass is 648 g/mol. The summed E-state index contributed by atoms with van der Waals surface area (Å²) in [6.07, 6.45) is 1.36. The van der Waals surface area contributed by atoms with E-state index in [0.29, 0.717) is 55.8 Å². The van der Waals surface area contributed by atoms with Gasteiger partial charge in [0.2, 0.25) is 0 Å². The molecular formula is C38H49FN2O6. The molecule has 1 atom stereocenters. The number of piperidine rings is 1. The van der Waals surface area contributed by atoms with Crippen LogP contribution in [0.5, 0.6) is 5.75 Å². The first kappa shape index (κ1) is 34.8. The second-order valence-electron chi connectivity index (χ2n) is 14.5. The van der Waals surface area contributed by atoms with E-state index in [1.165, 1.54) is 12.1 Å². The first-order chi connectivity index (χ1) is 22.3. The van der Waals surface area contributed by atoms with E-state index in [1.807, 2.05) is 52.0 Å². The lowest BCUT2D eigenvalue weighted by molar-refractivity contribution is -0.160. The van der Waals surface area contributed by atoms with Crippen LogP contribution in [-0.2, 0) is 32.0 Å². The first-order valence-electron chi connectivity index (χ1n) is 16.6. The number of hydrogen-bond donors (Lipinski definition) is 1. The van der Waals surface area contributed by atoms with E-state index in [1.54, 1.807) is 12.1 Å². The third-order valence-electron chi connectivity index (χ3n) is 8.87. The second-order valence-corrected chi connectivity index (χ2v) is 14.5. The van der Waals surface area contributed by atoms with Crippen LogP contribution < -0.4 is 9.64 Å². The normalized spacial score (nSPS) is 17.3. The van der Waals surface area contributed by atoms with Gasteiger partial charge < -0.3 is 29.0 Å². The molecule has 2 fully saturated rings. The van der Waals surface area contributed by atoms with Crippen molar-refractivity contribution in [2.24, 2.45) is 11.3 Å².